The van der Waals surface area contributed by atoms with Crippen LogP contribution in [0.2, 0.25) is 0 Å². The van der Waals surface area contributed by atoms with Crippen molar-refractivity contribution in [2.45, 2.75) is 20.8 Å². The molecule has 120 valence electrons. The van der Waals surface area contributed by atoms with E-state index in [2.05, 4.69) is 5.32 Å². The van der Waals surface area contributed by atoms with Gasteiger partial charge in [0.1, 0.15) is 12.3 Å². The van der Waals surface area contributed by atoms with E-state index in [9.17, 15) is 19.7 Å². The number of anilines is 1. The standard InChI is InChI=1S/C14H18N2O6/c1-4-21-8-13(18)22-7-12(17)15-14-10(3)9(2)5-6-11(14)16(19)20/h5-6H,4,7-8H2,1-3H3,(H,15,17). The molecule has 0 aliphatic rings. The molecule has 1 aromatic carbocycles. The fourth-order valence-electron chi connectivity index (χ4n) is 1.66. The number of nitro groups is 1. The van der Waals surface area contributed by atoms with Crippen molar-refractivity contribution in [2.24, 2.45) is 0 Å². The van der Waals surface area contributed by atoms with Gasteiger partial charge in [0.15, 0.2) is 6.61 Å². The molecule has 0 saturated heterocycles. The molecule has 1 amide bonds. The summed E-state index contributed by atoms with van der Waals surface area (Å²) in [6.45, 7) is 4.75. The number of nitrogens with zero attached hydrogens (tertiary/aromatic N) is 1. The summed E-state index contributed by atoms with van der Waals surface area (Å²) in [5.74, 6) is -1.32. The third-order valence-corrected chi connectivity index (χ3v) is 2.96. The number of hydrogen-bond acceptors (Lipinski definition) is 6. The zero-order chi connectivity index (χ0) is 16.7. The summed E-state index contributed by atoms with van der Waals surface area (Å²) in [5, 5.41) is 13.4. The molecule has 0 atom stereocenters. The Bertz CT molecular complexity index is 585. The first-order chi connectivity index (χ1) is 10.4. The SMILES string of the molecule is CCOCC(=O)OCC(=O)Nc1c([N+](=O)[O-])ccc(C)c1C. The number of carbonyl (C=O) groups is 2. The second-order valence-electron chi connectivity index (χ2n) is 4.50. The minimum Gasteiger partial charge on any atom is -0.454 e. The van der Waals surface area contributed by atoms with Gasteiger partial charge >= 0.3 is 5.97 Å². The minimum absolute atomic E-state index is 0.107. The number of rotatable bonds is 7. The topological polar surface area (TPSA) is 108 Å². The number of nitrogens with one attached hydrogen (secondary N) is 1. The average molecular weight is 310 g/mol. The van der Waals surface area contributed by atoms with Crippen LogP contribution in [0.5, 0.6) is 0 Å². The zero-order valence-electron chi connectivity index (χ0n) is 12.7. The Morgan fingerprint density at radius 2 is 1.95 bits per heavy atom. The van der Waals surface area contributed by atoms with E-state index in [1.807, 2.05) is 0 Å². The molecule has 0 aliphatic heterocycles. The molecule has 1 rings (SSSR count). The van der Waals surface area contributed by atoms with Gasteiger partial charge < -0.3 is 14.8 Å². The summed E-state index contributed by atoms with van der Waals surface area (Å²) >= 11 is 0. The van der Waals surface area contributed by atoms with Gasteiger partial charge in [-0.2, -0.15) is 0 Å². The summed E-state index contributed by atoms with van der Waals surface area (Å²) in [5.41, 5.74) is 1.28. The Labute approximate surface area is 127 Å². The summed E-state index contributed by atoms with van der Waals surface area (Å²) in [4.78, 5) is 33.4. The van der Waals surface area contributed by atoms with E-state index in [1.165, 1.54) is 6.07 Å². The second-order valence-corrected chi connectivity index (χ2v) is 4.50. The monoisotopic (exact) mass is 310 g/mol. The van der Waals surface area contributed by atoms with Gasteiger partial charge in [-0.1, -0.05) is 6.07 Å². The van der Waals surface area contributed by atoms with Crippen LogP contribution in [0.25, 0.3) is 0 Å². The first kappa shape index (κ1) is 17.6. The molecule has 0 aliphatic carbocycles. The van der Waals surface area contributed by atoms with Crippen LogP contribution in [-0.4, -0.2) is 36.6 Å². The highest BCUT2D eigenvalue weighted by Crippen LogP contribution is 2.30. The van der Waals surface area contributed by atoms with Gasteiger partial charge in [-0.3, -0.25) is 14.9 Å². The lowest BCUT2D eigenvalue weighted by molar-refractivity contribution is -0.384. The summed E-state index contributed by atoms with van der Waals surface area (Å²) in [7, 11) is 0. The van der Waals surface area contributed by atoms with Gasteiger partial charge in [0.25, 0.3) is 11.6 Å². The molecule has 0 radical (unpaired) electrons. The molecule has 8 nitrogen and oxygen atoms in total. The number of esters is 1. The Morgan fingerprint density at radius 3 is 2.55 bits per heavy atom. The van der Waals surface area contributed by atoms with E-state index in [-0.39, 0.29) is 18.0 Å². The number of nitro benzene ring substituents is 1. The van der Waals surface area contributed by atoms with Crippen LogP contribution in [0.1, 0.15) is 18.1 Å². The molecule has 1 aromatic rings. The summed E-state index contributed by atoms with van der Waals surface area (Å²) in [6.07, 6.45) is 0. The molecular weight excluding hydrogens is 292 g/mol. The maximum absolute atomic E-state index is 11.8. The van der Waals surface area contributed by atoms with Gasteiger partial charge in [0.05, 0.1) is 4.92 Å². The van der Waals surface area contributed by atoms with Crippen molar-refractivity contribution in [3.63, 3.8) is 0 Å². The minimum atomic E-state index is -0.674. The molecule has 0 fully saturated rings. The predicted octanol–water partition coefficient (Wildman–Crippen LogP) is 1.73. The van der Waals surface area contributed by atoms with Crippen LogP contribution in [0, 0.1) is 24.0 Å². The van der Waals surface area contributed by atoms with Crippen LogP contribution in [0.4, 0.5) is 11.4 Å². The highest BCUT2D eigenvalue weighted by atomic mass is 16.6. The van der Waals surface area contributed by atoms with Crippen molar-refractivity contribution in [2.75, 3.05) is 25.1 Å². The van der Waals surface area contributed by atoms with Crippen LogP contribution in [0.15, 0.2) is 12.1 Å². The van der Waals surface area contributed by atoms with Gasteiger partial charge in [-0.15, -0.1) is 0 Å². The Kier molecular flexibility index (Phi) is 6.46. The van der Waals surface area contributed by atoms with Crippen molar-refractivity contribution in [1.29, 1.82) is 0 Å². The van der Waals surface area contributed by atoms with Gasteiger partial charge in [0, 0.05) is 12.7 Å². The fraction of sp³-hybridized carbons (Fsp3) is 0.429. The molecular formula is C14H18N2O6. The van der Waals surface area contributed by atoms with Crippen LogP contribution >= 0.6 is 0 Å². The molecule has 22 heavy (non-hydrogen) atoms. The number of benzene rings is 1. The molecule has 0 unspecified atom stereocenters. The number of hydrogen-bond donors (Lipinski definition) is 1. The molecule has 0 heterocycles. The number of carbonyl (C=O) groups excluding carboxylic acids is 2. The number of amides is 1. The normalized spacial score (nSPS) is 10.1. The first-order valence-electron chi connectivity index (χ1n) is 6.64. The Balaban J connectivity index is 2.74. The van der Waals surface area contributed by atoms with E-state index >= 15 is 0 Å². The zero-order valence-corrected chi connectivity index (χ0v) is 12.7. The van der Waals surface area contributed by atoms with Crippen molar-refractivity contribution in [3.8, 4) is 0 Å². The molecule has 0 saturated carbocycles. The quantitative estimate of drug-likeness (QED) is 0.467. The summed E-state index contributed by atoms with van der Waals surface area (Å²) < 4.78 is 9.54. The molecule has 8 heteroatoms. The average Bonchev–Trinajstić information content (AvgIpc) is 2.47. The highest BCUT2D eigenvalue weighted by molar-refractivity contribution is 5.96. The van der Waals surface area contributed by atoms with Crippen molar-refractivity contribution in [3.05, 3.63) is 33.4 Å². The first-order valence-corrected chi connectivity index (χ1v) is 6.64. The van der Waals surface area contributed by atoms with Crippen LogP contribution in [0.3, 0.4) is 0 Å². The van der Waals surface area contributed by atoms with Crippen LogP contribution in [-0.2, 0) is 19.1 Å². The van der Waals surface area contributed by atoms with Crippen LogP contribution < -0.4 is 5.32 Å². The molecule has 0 aromatic heterocycles. The molecule has 0 spiro atoms. The smallest absolute Gasteiger partial charge is 0.332 e. The largest absolute Gasteiger partial charge is 0.454 e. The maximum Gasteiger partial charge on any atom is 0.332 e. The summed E-state index contributed by atoms with van der Waals surface area (Å²) in [6, 6.07) is 2.92. The lowest BCUT2D eigenvalue weighted by Gasteiger charge is -2.11. The van der Waals surface area contributed by atoms with Crippen molar-refractivity contribution in [1.82, 2.24) is 0 Å². The van der Waals surface area contributed by atoms with Crippen molar-refractivity contribution >= 4 is 23.3 Å². The van der Waals surface area contributed by atoms with Gasteiger partial charge in [-0.05, 0) is 31.9 Å². The lowest BCUT2D eigenvalue weighted by Crippen LogP contribution is -2.23. The van der Waals surface area contributed by atoms with Gasteiger partial charge in [0.2, 0.25) is 0 Å². The van der Waals surface area contributed by atoms with E-state index in [1.54, 1.807) is 26.8 Å². The third kappa shape index (κ3) is 4.81. The lowest BCUT2D eigenvalue weighted by atomic mass is 10.1. The number of ether oxygens (including phenoxy) is 2. The van der Waals surface area contributed by atoms with Crippen molar-refractivity contribution < 1.29 is 24.0 Å². The van der Waals surface area contributed by atoms with E-state index in [0.29, 0.717) is 12.2 Å². The Hall–Kier alpha value is -2.48. The van der Waals surface area contributed by atoms with E-state index < -0.39 is 23.4 Å². The second kappa shape index (κ2) is 8.08. The van der Waals surface area contributed by atoms with E-state index in [0.717, 1.165) is 5.56 Å². The highest BCUT2D eigenvalue weighted by Gasteiger charge is 2.19. The van der Waals surface area contributed by atoms with E-state index in [4.69, 9.17) is 9.47 Å². The fourth-order valence-corrected chi connectivity index (χ4v) is 1.66. The number of aryl methyl sites for hydroxylation is 1. The Morgan fingerprint density at radius 1 is 1.27 bits per heavy atom. The van der Waals surface area contributed by atoms with Gasteiger partial charge in [-0.25, -0.2) is 4.79 Å². The molecule has 0 bridgehead atoms. The maximum atomic E-state index is 11.8. The molecule has 1 N–H and O–H groups in total. The predicted molar refractivity (Wildman–Crippen MR) is 78.7 cm³/mol. The third-order valence-electron chi connectivity index (χ3n) is 2.96.